The number of nitrogens with one attached hydrogen (secondary N) is 2. The molecule has 8 nitrogen and oxygen atoms in total. The van der Waals surface area contributed by atoms with E-state index in [4.69, 9.17) is 14.2 Å². The molecule has 0 aliphatic carbocycles. The van der Waals surface area contributed by atoms with Crippen LogP contribution in [0.3, 0.4) is 0 Å². The van der Waals surface area contributed by atoms with Crippen LogP contribution in [0, 0.1) is 0 Å². The van der Waals surface area contributed by atoms with E-state index in [1.807, 2.05) is 32.3 Å². The number of methoxy groups -OCH3 is 3. The number of benzene rings is 2. The summed E-state index contributed by atoms with van der Waals surface area (Å²) < 4.78 is 15.8. The van der Waals surface area contributed by atoms with Crippen molar-refractivity contribution in [1.82, 2.24) is 10.2 Å². The summed E-state index contributed by atoms with van der Waals surface area (Å²) in [5.41, 5.74) is 1.85. The van der Waals surface area contributed by atoms with Crippen LogP contribution in [0.5, 0.6) is 17.2 Å². The highest BCUT2D eigenvalue weighted by Crippen LogP contribution is 2.34. The topological polar surface area (TPSA) is 89.1 Å². The third-order valence-corrected chi connectivity index (χ3v) is 4.07. The minimum absolute atomic E-state index is 0.105. The predicted octanol–water partition coefficient (Wildman–Crippen LogP) is 2.14. The second kappa shape index (κ2) is 10.3. The molecule has 0 radical (unpaired) electrons. The highest BCUT2D eigenvalue weighted by molar-refractivity contribution is 5.98. The summed E-state index contributed by atoms with van der Waals surface area (Å²) in [4.78, 5) is 26.4. The average molecular weight is 401 g/mol. The number of carbonyl (C=O) groups excluding carboxylic acids is 2. The Hall–Kier alpha value is -3.26. The van der Waals surface area contributed by atoms with Gasteiger partial charge in [-0.3, -0.25) is 9.59 Å². The maximum absolute atomic E-state index is 12.7. The Balaban J connectivity index is 2.09. The molecule has 0 fully saturated rings. The number of likely N-dealkylation sites (N-methyl/N-ethyl adjacent to an activating group) is 1. The molecule has 0 unspecified atom stereocenters. The van der Waals surface area contributed by atoms with Gasteiger partial charge >= 0.3 is 0 Å². The molecular formula is C21H27N3O5. The molecule has 8 heteroatoms. The largest absolute Gasteiger partial charge is 0.496 e. The van der Waals surface area contributed by atoms with Crippen molar-refractivity contribution >= 4 is 17.5 Å². The van der Waals surface area contributed by atoms with Crippen molar-refractivity contribution in [1.29, 1.82) is 0 Å². The fraction of sp³-hybridized carbons (Fsp3) is 0.333. The van der Waals surface area contributed by atoms with Crippen molar-refractivity contribution in [3.63, 3.8) is 0 Å². The summed E-state index contributed by atoms with van der Waals surface area (Å²) in [6.07, 6.45) is 0. The Morgan fingerprint density at radius 3 is 2.21 bits per heavy atom. The zero-order chi connectivity index (χ0) is 21.4. The van der Waals surface area contributed by atoms with Gasteiger partial charge in [-0.25, -0.2) is 0 Å². The van der Waals surface area contributed by atoms with Crippen LogP contribution in [0.4, 0.5) is 5.69 Å². The molecule has 2 N–H and O–H groups in total. The highest BCUT2D eigenvalue weighted by atomic mass is 16.5. The third-order valence-electron chi connectivity index (χ3n) is 4.07. The molecule has 0 aliphatic heterocycles. The number of rotatable bonds is 9. The van der Waals surface area contributed by atoms with Crippen molar-refractivity contribution in [3.05, 3.63) is 47.5 Å². The number of ether oxygens (including phenoxy) is 3. The monoisotopic (exact) mass is 401 g/mol. The fourth-order valence-corrected chi connectivity index (χ4v) is 2.73. The van der Waals surface area contributed by atoms with Gasteiger partial charge in [-0.2, -0.15) is 0 Å². The zero-order valence-corrected chi connectivity index (χ0v) is 17.4. The van der Waals surface area contributed by atoms with Crippen molar-refractivity contribution < 1.29 is 23.8 Å². The fourth-order valence-electron chi connectivity index (χ4n) is 2.73. The lowest BCUT2D eigenvalue weighted by molar-refractivity contribution is -0.116. The van der Waals surface area contributed by atoms with E-state index < -0.39 is 0 Å². The lowest BCUT2D eigenvalue weighted by atomic mass is 10.1. The smallest absolute Gasteiger partial charge is 0.255 e. The molecular weight excluding hydrogens is 374 g/mol. The maximum atomic E-state index is 12.7. The van der Waals surface area contributed by atoms with E-state index in [0.29, 0.717) is 35.0 Å². The molecule has 2 aromatic carbocycles. The summed E-state index contributed by atoms with van der Waals surface area (Å²) in [5, 5.41) is 5.69. The first-order valence-electron chi connectivity index (χ1n) is 8.99. The van der Waals surface area contributed by atoms with Crippen LogP contribution in [-0.4, -0.2) is 58.7 Å². The third kappa shape index (κ3) is 6.11. The van der Waals surface area contributed by atoms with E-state index in [0.717, 1.165) is 5.56 Å². The molecule has 0 aliphatic rings. The molecule has 29 heavy (non-hydrogen) atoms. The Kier molecular flexibility index (Phi) is 7.85. The summed E-state index contributed by atoms with van der Waals surface area (Å²) in [6, 6.07) is 10.5. The van der Waals surface area contributed by atoms with Crippen LogP contribution in [0.25, 0.3) is 0 Å². The van der Waals surface area contributed by atoms with Gasteiger partial charge in [0.25, 0.3) is 5.91 Å². The Morgan fingerprint density at radius 1 is 0.931 bits per heavy atom. The van der Waals surface area contributed by atoms with Crippen LogP contribution in [0.2, 0.25) is 0 Å². The summed E-state index contributed by atoms with van der Waals surface area (Å²) >= 11 is 0. The molecule has 0 spiro atoms. The van der Waals surface area contributed by atoms with Crippen LogP contribution in [0.15, 0.2) is 36.4 Å². The van der Waals surface area contributed by atoms with Crippen LogP contribution < -0.4 is 24.8 Å². The van der Waals surface area contributed by atoms with Crippen LogP contribution >= 0.6 is 0 Å². The molecule has 0 bridgehead atoms. The summed E-state index contributed by atoms with van der Waals surface area (Å²) in [6.45, 7) is 0.577. The molecule has 0 atom stereocenters. The van der Waals surface area contributed by atoms with Gasteiger partial charge in [-0.05, 0) is 31.8 Å². The molecule has 0 aromatic heterocycles. The van der Waals surface area contributed by atoms with E-state index >= 15 is 0 Å². The first-order valence-corrected chi connectivity index (χ1v) is 8.99. The Bertz CT molecular complexity index is 867. The lowest BCUT2D eigenvalue weighted by Crippen LogP contribution is -2.27. The van der Waals surface area contributed by atoms with Crippen molar-refractivity contribution in [2.45, 2.75) is 6.54 Å². The zero-order valence-electron chi connectivity index (χ0n) is 17.4. The van der Waals surface area contributed by atoms with E-state index in [-0.39, 0.29) is 18.4 Å². The number of nitrogens with zero attached hydrogens (tertiary/aromatic N) is 1. The van der Waals surface area contributed by atoms with Gasteiger partial charge in [0.1, 0.15) is 5.75 Å². The molecule has 0 saturated heterocycles. The molecule has 2 amide bonds. The first-order chi connectivity index (χ1) is 13.9. The minimum Gasteiger partial charge on any atom is -0.496 e. The van der Waals surface area contributed by atoms with Crippen LogP contribution in [-0.2, 0) is 11.3 Å². The molecule has 0 heterocycles. The molecule has 156 valence electrons. The standard InChI is InChI=1S/C21H27N3O5/c1-24(2)13-20(25)23-15-8-6-7-14(9-15)12-22-21(26)16-10-18(28-4)19(29-5)11-17(16)27-3/h6-11H,12-13H2,1-5H3,(H,22,26)(H,23,25). The first kappa shape index (κ1) is 22.0. The van der Waals surface area contributed by atoms with Gasteiger partial charge in [0.2, 0.25) is 5.91 Å². The van der Waals surface area contributed by atoms with Gasteiger partial charge in [0.15, 0.2) is 11.5 Å². The van der Waals surface area contributed by atoms with Crippen LogP contribution in [0.1, 0.15) is 15.9 Å². The molecule has 0 saturated carbocycles. The minimum atomic E-state index is -0.315. The van der Waals surface area contributed by atoms with Gasteiger partial charge < -0.3 is 29.7 Å². The Labute approximate surface area is 170 Å². The van der Waals surface area contributed by atoms with E-state index in [9.17, 15) is 9.59 Å². The quantitative estimate of drug-likeness (QED) is 0.669. The van der Waals surface area contributed by atoms with Gasteiger partial charge in [0, 0.05) is 24.4 Å². The van der Waals surface area contributed by atoms with E-state index in [2.05, 4.69) is 10.6 Å². The number of anilines is 1. The number of hydrogen-bond donors (Lipinski definition) is 2. The molecule has 2 aromatic rings. The molecule has 2 rings (SSSR count). The van der Waals surface area contributed by atoms with E-state index in [1.54, 1.807) is 23.1 Å². The average Bonchev–Trinajstić information content (AvgIpc) is 2.70. The van der Waals surface area contributed by atoms with E-state index in [1.165, 1.54) is 21.3 Å². The second-order valence-corrected chi connectivity index (χ2v) is 6.58. The summed E-state index contributed by atoms with van der Waals surface area (Å²) in [7, 11) is 8.16. The second-order valence-electron chi connectivity index (χ2n) is 6.58. The Morgan fingerprint density at radius 2 is 1.59 bits per heavy atom. The number of carbonyl (C=O) groups is 2. The highest BCUT2D eigenvalue weighted by Gasteiger charge is 2.17. The van der Waals surface area contributed by atoms with Gasteiger partial charge in [-0.1, -0.05) is 12.1 Å². The lowest BCUT2D eigenvalue weighted by Gasteiger charge is -2.14. The number of amides is 2. The maximum Gasteiger partial charge on any atom is 0.255 e. The SMILES string of the molecule is COc1cc(OC)c(C(=O)NCc2cccc(NC(=O)CN(C)C)c2)cc1OC. The summed E-state index contributed by atoms with van der Waals surface area (Å²) in [5.74, 6) is 0.868. The van der Waals surface area contributed by atoms with Gasteiger partial charge in [0.05, 0.1) is 33.4 Å². The normalized spacial score (nSPS) is 10.4. The van der Waals surface area contributed by atoms with Crippen molar-refractivity contribution in [3.8, 4) is 17.2 Å². The van der Waals surface area contributed by atoms with Gasteiger partial charge in [-0.15, -0.1) is 0 Å². The number of hydrogen-bond acceptors (Lipinski definition) is 6. The predicted molar refractivity (Wildman–Crippen MR) is 111 cm³/mol. The van der Waals surface area contributed by atoms with Crippen molar-refractivity contribution in [2.24, 2.45) is 0 Å². The van der Waals surface area contributed by atoms with Crippen molar-refractivity contribution in [2.75, 3.05) is 47.3 Å².